The summed E-state index contributed by atoms with van der Waals surface area (Å²) in [5, 5.41) is 23.3. The maximum Gasteiger partial charge on any atom is 0.269 e. The number of para-hydroxylation sites is 1. The molecule has 0 heterocycles. The van der Waals surface area contributed by atoms with Crippen molar-refractivity contribution in [1.29, 1.82) is 0 Å². The first-order valence-corrected chi connectivity index (χ1v) is 6.86. The van der Waals surface area contributed by atoms with Crippen molar-refractivity contribution in [2.75, 3.05) is 13.7 Å². The molecule has 7 nitrogen and oxygen atoms in total. The quantitative estimate of drug-likeness (QED) is 0.627. The fraction of sp³-hybridized carbons (Fsp3) is 0.188. The zero-order valence-electron chi connectivity index (χ0n) is 12.4. The predicted octanol–water partition coefficient (Wildman–Crippen LogP) is 2.07. The molecule has 0 fully saturated rings. The van der Waals surface area contributed by atoms with E-state index in [9.17, 15) is 20.0 Å². The van der Waals surface area contributed by atoms with Crippen LogP contribution in [0.1, 0.15) is 22.0 Å². The van der Waals surface area contributed by atoms with Crippen LogP contribution in [0.2, 0.25) is 0 Å². The summed E-state index contributed by atoms with van der Waals surface area (Å²) in [4.78, 5) is 22.2. The number of rotatable bonds is 6. The van der Waals surface area contributed by atoms with E-state index >= 15 is 0 Å². The standard InChI is InChI=1S/C16H16N2O5/c1-23-15-5-3-2-4-13(15)16(20)17-10-14(19)11-6-8-12(9-7-11)18(21)22/h2-9,14,19H,10H2,1H3,(H,17,20). The first-order chi connectivity index (χ1) is 11.0. The van der Waals surface area contributed by atoms with E-state index in [0.29, 0.717) is 16.9 Å². The highest BCUT2D eigenvalue weighted by atomic mass is 16.6. The SMILES string of the molecule is COc1ccccc1C(=O)NCC(O)c1ccc([N+](=O)[O-])cc1. The number of hydrogen-bond acceptors (Lipinski definition) is 5. The summed E-state index contributed by atoms with van der Waals surface area (Å²) in [7, 11) is 1.47. The summed E-state index contributed by atoms with van der Waals surface area (Å²) in [5.74, 6) is 0.0678. The molecule has 0 saturated carbocycles. The number of aliphatic hydroxyl groups excluding tert-OH is 1. The van der Waals surface area contributed by atoms with E-state index in [0.717, 1.165) is 0 Å². The molecule has 2 aromatic rings. The van der Waals surface area contributed by atoms with Gasteiger partial charge in [0, 0.05) is 18.7 Å². The van der Waals surface area contributed by atoms with Crippen molar-refractivity contribution in [3.05, 3.63) is 69.8 Å². The summed E-state index contributed by atoms with van der Waals surface area (Å²) in [6.45, 7) is -0.0192. The van der Waals surface area contributed by atoms with Crippen molar-refractivity contribution in [1.82, 2.24) is 5.32 Å². The van der Waals surface area contributed by atoms with Crippen LogP contribution in [0.25, 0.3) is 0 Å². The Kier molecular flexibility index (Phi) is 5.27. The van der Waals surface area contributed by atoms with Gasteiger partial charge in [0.2, 0.25) is 0 Å². The van der Waals surface area contributed by atoms with E-state index in [-0.39, 0.29) is 18.1 Å². The van der Waals surface area contributed by atoms with E-state index in [1.54, 1.807) is 24.3 Å². The molecule has 120 valence electrons. The molecular weight excluding hydrogens is 300 g/mol. The molecule has 2 N–H and O–H groups in total. The molecular formula is C16H16N2O5. The molecule has 2 rings (SSSR count). The molecule has 0 bridgehead atoms. The minimum Gasteiger partial charge on any atom is -0.496 e. The Morgan fingerprint density at radius 3 is 2.52 bits per heavy atom. The molecule has 0 aliphatic heterocycles. The topological polar surface area (TPSA) is 102 Å². The highest BCUT2D eigenvalue weighted by Crippen LogP contribution is 2.19. The zero-order chi connectivity index (χ0) is 16.8. The third-order valence-electron chi connectivity index (χ3n) is 3.30. The summed E-state index contributed by atoms with van der Waals surface area (Å²) < 4.78 is 5.11. The smallest absolute Gasteiger partial charge is 0.269 e. The lowest BCUT2D eigenvalue weighted by molar-refractivity contribution is -0.384. The van der Waals surface area contributed by atoms with E-state index in [4.69, 9.17) is 4.74 Å². The van der Waals surface area contributed by atoms with Crippen LogP contribution in [-0.2, 0) is 0 Å². The number of hydrogen-bond donors (Lipinski definition) is 2. The van der Waals surface area contributed by atoms with Crippen LogP contribution < -0.4 is 10.1 Å². The molecule has 2 aromatic carbocycles. The maximum absolute atomic E-state index is 12.1. The second-order valence-corrected chi connectivity index (χ2v) is 4.77. The fourth-order valence-electron chi connectivity index (χ4n) is 2.05. The van der Waals surface area contributed by atoms with Crippen LogP contribution in [0.5, 0.6) is 5.75 Å². The Labute approximate surface area is 132 Å². The van der Waals surface area contributed by atoms with Gasteiger partial charge in [-0.15, -0.1) is 0 Å². The average molecular weight is 316 g/mol. The van der Waals surface area contributed by atoms with Crippen molar-refractivity contribution in [2.24, 2.45) is 0 Å². The van der Waals surface area contributed by atoms with Gasteiger partial charge in [0.05, 0.1) is 23.7 Å². The van der Waals surface area contributed by atoms with Crippen molar-refractivity contribution < 1.29 is 19.6 Å². The number of carbonyl (C=O) groups is 1. The van der Waals surface area contributed by atoms with Crippen LogP contribution in [0, 0.1) is 10.1 Å². The molecule has 0 spiro atoms. The molecule has 7 heteroatoms. The Hall–Kier alpha value is -2.93. The lowest BCUT2D eigenvalue weighted by Crippen LogP contribution is -2.28. The van der Waals surface area contributed by atoms with Crippen molar-refractivity contribution in [3.8, 4) is 5.75 Å². The van der Waals surface area contributed by atoms with Gasteiger partial charge in [-0.2, -0.15) is 0 Å². The van der Waals surface area contributed by atoms with Crippen LogP contribution >= 0.6 is 0 Å². The van der Waals surface area contributed by atoms with Gasteiger partial charge >= 0.3 is 0 Å². The Morgan fingerprint density at radius 2 is 1.91 bits per heavy atom. The molecule has 23 heavy (non-hydrogen) atoms. The Balaban J connectivity index is 1.99. The lowest BCUT2D eigenvalue weighted by Gasteiger charge is -2.13. The molecule has 0 aromatic heterocycles. The predicted molar refractivity (Wildman–Crippen MR) is 83.4 cm³/mol. The lowest BCUT2D eigenvalue weighted by atomic mass is 10.1. The number of methoxy groups -OCH3 is 1. The number of nitrogens with one attached hydrogen (secondary N) is 1. The summed E-state index contributed by atoms with van der Waals surface area (Å²) in [5.41, 5.74) is 0.792. The first kappa shape index (κ1) is 16.4. The Bertz CT molecular complexity index is 700. The summed E-state index contributed by atoms with van der Waals surface area (Å²) >= 11 is 0. The van der Waals surface area contributed by atoms with Crippen LogP contribution in [0.4, 0.5) is 5.69 Å². The van der Waals surface area contributed by atoms with E-state index in [2.05, 4.69) is 5.32 Å². The number of aliphatic hydroxyl groups is 1. The minimum atomic E-state index is -0.963. The Morgan fingerprint density at radius 1 is 1.26 bits per heavy atom. The summed E-state index contributed by atoms with van der Waals surface area (Å²) in [6.07, 6.45) is -0.963. The highest BCUT2D eigenvalue weighted by molar-refractivity contribution is 5.96. The van der Waals surface area contributed by atoms with E-state index in [1.165, 1.54) is 31.4 Å². The van der Waals surface area contributed by atoms with Gasteiger partial charge < -0.3 is 15.2 Å². The second-order valence-electron chi connectivity index (χ2n) is 4.77. The van der Waals surface area contributed by atoms with Crippen molar-refractivity contribution >= 4 is 11.6 Å². The van der Waals surface area contributed by atoms with Crippen molar-refractivity contribution in [2.45, 2.75) is 6.10 Å². The number of non-ortho nitro benzene ring substituents is 1. The van der Waals surface area contributed by atoms with Gasteiger partial charge in [-0.1, -0.05) is 12.1 Å². The van der Waals surface area contributed by atoms with Gasteiger partial charge in [0.15, 0.2) is 0 Å². The summed E-state index contributed by atoms with van der Waals surface area (Å²) in [6, 6.07) is 12.3. The molecule has 1 unspecified atom stereocenters. The molecule has 1 atom stereocenters. The number of nitro groups is 1. The van der Waals surface area contributed by atoms with Crippen LogP contribution in [0.15, 0.2) is 48.5 Å². The highest BCUT2D eigenvalue weighted by Gasteiger charge is 2.15. The number of benzene rings is 2. The number of ether oxygens (including phenoxy) is 1. The van der Waals surface area contributed by atoms with Crippen LogP contribution in [-0.4, -0.2) is 29.6 Å². The number of carbonyl (C=O) groups excluding carboxylic acids is 1. The van der Waals surface area contributed by atoms with Gasteiger partial charge in [-0.05, 0) is 29.8 Å². The maximum atomic E-state index is 12.1. The van der Waals surface area contributed by atoms with Crippen molar-refractivity contribution in [3.63, 3.8) is 0 Å². The molecule has 0 radical (unpaired) electrons. The monoisotopic (exact) mass is 316 g/mol. The number of nitrogens with zero attached hydrogens (tertiary/aromatic N) is 1. The first-order valence-electron chi connectivity index (χ1n) is 6.86. The third kappa shape index (κ3) is 4.04. The fourth-order valence-corrected chi connectivity index (χ4v) is 2.05. The third-order valence-corrected chi connectivity index (χ3v) is 3.30. The normalized spacial score (nSPS) is 11.6. The molecule has 0 saturated heterocycles. The largest absolute Gasteiger partial charge is 0.496 e. The van der Waals surface area contributed by atoms with Gasteiger partial charge in [-0.25, -0.2) is 0 Å². The van der Waals surface area contributed by atoms with Gasteiger partial charge in [0.1, 0.15) is 5.75 Å². The van der Waals surface area contributed by atoms with E-state index in [1.807, 2.05) is 0 Å². The van der Waals surface area contributed by atoms with Gasteiger partial charge in [-0.3, -0.25) is 14.9 Å². The molecule has 0 aliphatic rings. The second kappa shape index (κ2) is 7.37. The zero-order valence-corrected chi connectivity index (χ0v) is 12.4. The van der Waals surface area contributed by atoms with Gasteiger partial charge in [0.25, 0.3) is 11.6 Å². The molecule has 1 amide bonds. The number of amides is 1. The number of nitro benzene ring substituents is 1. The molecule has 0 aliphatic carbocycles. The average Bonchev–Trinajstić information content (AvgIpc) is 2.59. The van der Waals surface area contributed by atoms with Crippen LogP contribution in [0.3, 0.4) is 0 Å². The van der Waals surface area contributed by atoms with E-state index < -0.39 is 11.0 Å². The minimum absolute atomic E-state index is 0.0192.